The highest BCUT2D eigenvalue weighted by Crippen LogP contribution is 2.53. The number of ether oxygens (including phenoxy) is 1. The summed E-state index contributed by atoms with van der Waals surface area (Å²) in [5.74, 6) is 3.64. The van der Waals surface area contributed by atoms with E-state index in [4.69, 9.17) is 4.74 Å². The summed E-state index contributed by atoms with van der Waals surface area (Å²) in [6, 6.07) is 6.88. The Balaban J connectivity index is 1.86. The number of hydrogen-bond donors (Lipinski definition) is 1. The molecular weight excluding hydrogens is 314 g/mol. The molecule has 0 amide bonds. The van der Waals surface area contributed by atoms with Crippen molar-refractivity contribution in [1.29, 1.82) is 0 Å². The van der Waals surface area contributed by atoms with Gasteiger partial charge in [-0.05, 0) is 61.3 Å². The number of nitrogens with one attached hydrogen (secondary N) is 1. The topological polar surface area (TPSA) is 21.3 Å². The van der Waals surface area contributed by atoms with Gasteiger partial charge in [0.15, 0.2) is 0 Å². The van der Waals surface area contributed by atoms with Gasteiger partial charge in [-0.1, -0.05) is 35.3 Å². The molecule has 1 aromatic rings. The first-order chi connectivity index (χ1) is 9.72. The van der Waals surface area contributed by atoms with Crippen LogP contribution in [-0.4, -0.2) is 13.7 Å². The Hall–Kier alpha value is -0.540. The van der Waals surface area contributed by atoms with Gasteiger partial charge in [0.25, 0.3) is 0 Å². The number of hydrogen-bond acceptors (Lipinski definition) is 2. The number of rotatable bonds is 5. The summed E-state index contributed by atoms with van der Waals surface area (Å²) in [5, 5.41) is 3.73. The van der Waals surface area contributed by atoms with Crippen molar-refractivity contribution in [2.24, 2.45) is 17.8 Å². The van der Waals surface area contributed by atoms with Crippen molar-refractivity contribution < 1.29 is 4.74 Å². The lowest BCUT2D eigenvalue weighted by Gasteiger charge is -2.32. The maximum Gasteiger partial charge on any atom is 0.120 e. The average Bonchev–Trinajstić information content (AvgIpc) is 3.07. The lowest BCUT2D eigenvalue weighted by molar-refractivity contribution is 0.252. The van der Waals surface area contributed by atoms with Crippen LogP contribution in [0.5, 0.6) is 5.75 Å². The number of benzene rings is 1. The van der Waals surface area contributed by atoms with E-state index >= 15 is 0 Å². The van der Waals surface area contributed by atoms with Crippen LogP contribution >= 0.6 is 15.9 Å². The zero-order valence-corrected chi connectivity index (χ0v) is 13.9. The standard InChI is InChI=1S/C17H24BrNO/c1-3-19-17(15-9-11-4-5-12(15)8-11)14-7-6-13(20-2)10-16(14)18/h6-7,10-12,15,17,19H,3-5,8-9H2,1-2H3. The molecule has 0 aliphatic heterocycles. The predicted molar refractivity (Wildman–Crippen MR) is 86.0 cm³/mol. The molecule has 3 rings (SSSR count). The maximum atomic E-state index is 5.31. The quantitative estimate of drug-likeness (QED) is 0.851. The summed E-state index contributed by atoms with van der Waals surface area (Å²) < 4.78 is 6.49. The van der Waals surface area contributed by atoms with Gasteiger partial charge in [0, 0.05) is 10.5 Å². The minimum Gasteiger partial charge on any atom is -0.497 e. The third-order valence-corrected chi connectivity index (χ3v) is 5.87. The van der Waals surface area contributed by atoms with Crippen molar-refractivity contribution in [3.63, 3.8) is 0 Å². The van der Waals surface area contributed by atoms with Crippen LogP contribution in [0.2, 0.25) is 0 Å². The summed E-state index contributed by atoms with van der Waals surface area (Å²) in [5.41, 5.74) is 1.39. The fourth-order valence-electron chi connectivity index (χ4n) is 4.30. The normalized spacial score (nSPS) is 29.6. The maximum absolute atomic E-state index is 5.31. The van der Waals surface area contributed by atoms with E-state index in [2.05, 4.69) is 46.4 Å². The van der Waals surface area contributed by atoms with E-state index in [1.807, 2.05) is 0 Å². The largest absolute Gasteiger partial charge is 0.497 e. The highest BCUT2D eigenvalue weighted by atomic mass is 79.9. The van der Waals surface area contributed by atoms with E-state index in [0.717, 1.165) is 30.0 Å². The van der Waals surface area contributed by atoms with Gasteiger partial charge in [-0.25, -0.2) is 0 Å². The third-order valence-electron chi connectivity index (χ3n) is 5.19. The molecule has 2 aliphatic carbocycles. The van der Waals surface area contributed by atoms with Gasteiger partial charge in [0.05, 0.1) is 7.11 Å². The lowest BCUT2D eigenvalue weighted by atomic mass is 9.80. The van der Waals surface area contributed by atoms with Gasteiger partial charge in [-0.2, -0.15) is 0 Å². The molecule has 0 radical (unpaired) electrons. The molecule has 20 heavy (non-hydrogen) atoms. The number of methoxy groups -OCH3 is 1. The van der Waals surface area contributed by atoms with Gasteiger partial charge in [0.2, 0.25) is 0 Å². The summed E-state index contributed by atoms with van der Waals surface area (Å²) in [7, 11) is 1.72. The van der Waals surface area contributed by atoms with Crippen LogP contribution in [0.15, 0.2) is 22.7 Å². The Morgan fingerprint density at radius 2 is 2.20 bits per heavy atom. The molecular formula is C17H24BrNO. The molecule has 2 bridgehead atoms. The van der Waals surface area contributed by atoms with Crippen molar-refractivity contribution >= 4 is 15.9 Å². The first-order valence-corrected chi connectivity index (χ1v) is 8.59. The molecule has 1 N–H and O–H groups in total. The zero-order valence-electron chi connectivity index (χ0n) is 12.4. The first kappa shape index (κ1) is 14.4. The molecule has 0 aromatic heterocycles. The smallest absolute Gasteiger partial charge is 0.120 e. The molecule has 4 atom stereocenters. The second kappa shape index (κ2) is 6.07. The molecule has 0 spiro atoms. The number of halogens is 1. The van der Waals surface area contributed by atoms with Crippen LogP contribution in [0, 0.1) is 17.8 Å². The van der Waals surface area contributed by atoms with Crippen LogP contribution in [-0.2, 0) is 0 Å². The molecule has 0 heterocycles. The van der Waals surface area contributed by atoms with Crippen LogP contribution in [0.4, 0.5) is 0 Å². The summed E-state index contributed by atoms with van der Waals surface area (Å²) in [6.07, 6.45) is 5.76. The summed E-state index contributed by atoms with van der Waals surface area (Å²) in [4.78, 5) is 0. The Labute approximate surface area is 130 Å². The molecule has 110 valence electrons. The van der Waals surface area contributed by atoms with E-state index < -0.39 is 0 Å². The molecule has 4 unspecified atom stereocenters. The fourth-order valence-corrected chi connectivity index (χ4v) is 4.91. The van der Waals surface area contributed by atoms with Crippen LogP contribution in [0.3, 0.4) is 0 Å². The van der Waals surface area contributed by atoms with Crippen molar-refractivity contribution in [2.75, 3.05) is 13.7 Å². The second-order valence-corrected chi connectivity index (χ2v) is 7.12. The minimum atomic E-state index is 0.482. The van der Waals surface area contributed by atoms with Crippen LogP contribution in [0.25, 0.3) is 0 Å². The highest BCUT2D eigenvalue weighted by Gasteiger charge is 2.43. The van der Waals surface area contributed by atoms with Gasteiger partial charge in [-0.3, -0.25) is 0 Å². The van der Waals surface area contributed by atoms with Crippen molar-refractivity contribution in [1.82, 2.24) is 5.32 Å². The Morgan fingerprint density at radius 3 is 2.75 bits per heavy atom. The van der Waals surface area contributed by atoms with E-state index in [1.165, 1.54) is 35.7 Å². The third kappa shape index (κ3) is 2.62. The van der Waals surface area contributed by atoms with E-state index in [0.29, 0.717) is 6.04 Å². The summed E-state index contributed by atoms with van der Waals surface area (Å²) >= 11 is 3.74. The molecule has 1 aromatic carbocycles. The molecule has 2 aliphatic rings. The Morgan fingerprint density at radius 1 is 1.35 bits per heavy atom. The molecule has 2 nitrogen and oxygen atoms in total. The van der Waals surface area contributed by atoms with E-state index in [1.54, 1.807) is 7.11 Å². The minimum absolute atomic E-state index is 0.482. The van der Waals surface area contributed by atoms with Gasteiger partial charge in [-0.15, -0.1) is 0 Å². The fraction of sp³-hybridized carbons (Fsp3) is 0.647. The average molecular weight is 338 g/mol. The van der Waals surface area contributed by atoms with Crippen molar-refractivity contribution in [2.45, 2.75) is 38.6 Å². The lowest BCUT2D eigenvalue weighted by Crippen LogP contribution is -2.31. The van der Waals surface area contributed by atoms with Gasteiger partial charge < -0.3 is 10.1 Å². The highest BCUT2D eigenvalue weighted by molar-refractivity contribution is 9.10. The van der Waals surface area contributed by atoms with Gasteiger partial charge >= 0.3 is 0 Å². The Kier molecular flexibility index (Phi) is 4.37. The molecule has 3 heteroatoms. The zero-order chi connectivity index (χ0) is 14.1. The predicted octanol–water partition coefficient (Wildman–Crippen LogP) is 4.54. The van der Waals surface area contributed by atoms with Crippen molar-refractivity contribution in [3.05, 3.63) is 28.2 Å². The first-order valence-electron chi connectivity index (χ1n) is 7.79. The molecule has 0 saturated heterocycles. The monoisotopic (exact) mass is 337 g/mol. The Bertz CT molecular complexity index is 476. The second-order valence-electron chi connectivity index (χ2n) is 6.26. The number of fused-ring (bicyclic) bond motifs is 2. The molecule has 2 saturated carbocycles. The molecule has 2 fully saturated rings. The van der Waals surface area contributed by atoms with Crippen LogP contribution < -0.4 is 10.1 Å². The van der Waals surface area contributed by atoms with Crippen molar-refractivity contribution in [3.8, 4) is 5.75 Å². The van der Waals surface area contributed by atoms with E-state index in [-0.39, 0.29) is 0 Å². The van der Waals surface area contributed by atoms with Crippen LogP contribution in [0.1, 0.15) is 44.2 Å². The van der Waals surface area contributed by atoms with Gasteiger partial charge in [0.1, 0.15) is 5.75 Å². The SMILES string of the molecule is CCNC(c1ccc(OC)cc1Br)C1CC2CCC1C2. The summed E-state index contributed by atoms with van der Waals surface area (Å²) in [6.45, 7) is 3.23. The van der Waals surface area contributed by atoms with E-state index in [9.17, 15) is 0 Å².